The lowest BCUT2D eigenvalue weighted by atomic mass is 9.92. The van der Waals surface area contributed by atoms with Gasteiger partial charge in [-0.2, -0.15) is 13.2 Å². The van der Waals surface area contributed by atoms with Gasteiger partial charge in [0, 0.05) is 31.4 Å². The fraction of sp³-hybridized carbons (Fsp3) is 0.321. The number of aliphatic hydroxyl groups is 1. The Morgan fingerprint density at radius 2 is 1.79 bits per heavy atom. The zero-order valence-corrected chi connectivity index (χ0v) is 21.7. The number of thiazole rings is 1. The predicted molar refractivity (Wildman–Crippen MR) is 143 cm³/mol. The molecule has 0 radical (unpaired) electrons. The average Bonchev–Trinajstić information content (AvgIpc) is 3.38. The summed E-state index contributed by atoms with van der Waals surface area (Å²) in [6, 6.07) is 16.9. The van der Waals surface area contributed by atoms with Crippen LogP contribution in [-0.4, -0.2) is 51.6 Å². The van der Waals surface area contributed by atoms with E-state index < -0.39 is 17.3 Å². The van der Waals surface area contributed by atoms with Gasteiger partial charge in [-0.15, -0.1) is 11.3 Å². The van der Waals surface area contributed by atoms with Crippen molar-refractivity contribution in [1.29, 1.82) is 0 Å². The smallest absolute Gasteiger partial charge is 0.383 e. The van der Waals surface area contributed by atoms with Crippen molar-refractivity contribution in [2.45, 2.75) is 31.0 Å². The van der Waals surface area contributed by atoms with E-state index in [1.165, 1.54) is 23.0 Å². The molecule has 1 aliphatic rings. The molecule has 0 bridgehead atoms. The first-order valence-corrected chi connectivity index (χ1v) is 13.2. The Hall–Kier alpha value is -3.34. The molecule has 2 N–H and O–H groups in total. The molecule has 2 aromatic carbocycles. The molecule has 0 aliphatic carbocycles. The lowest BCUT2D eigenvalue weighted by Crippen LogP contribution is -2.40. The second kappa shape index (κ2) is 10.8. The largest absolute Gasteiger partial charge is 0.416 e. The number of alkyl halides is 3. The van der Waals surface area contributed by atoms with Gasteiger partial charge in [-0.3, -0.25) is 0 Å². The minimum absolute atomic E-state index is 0.325. The van der Waals surface area contributed by atoms with Crippen LogP contribution < -0.4 is 5.32 Å². The van der Waals surface area contributed by atoms with Crippen LogP contribution in [0.25, 0.3) is 21.8 Å². The number of piperidine rings is 1. The molecule has 0 spiro atoms. The van der Waals surface area contributed by atoms with Crippen molar-refractivity contribution >= 4 is 17.3 Å². The van der Waals surface area contributed by atoms with Crippen LogP contribution in [0.5, 0.6) is 0 Å². The van der Waals surface area contributed by atoms with Crippen molar-refractivity contribution < 1.29 is 18.3 Å². The zero-order valence-electron chi connectivity index (χ0n) is 20.9. The summed E-state index contributed by atoms with van der Waals surface area (Å²) in [4.78, 5) is 16.4. The van der Waals surface area contributed by atoms with Gasteiger partial charge in [-0.05, 0) is 50.1 Å². The van der Waals surface area contributed by atoms with Crippen LogP contribution in [0.2, 0.25) is 0 Å². The van der Waals surface area contributed by atoms with Crippen molar-refractivity contribution in [1.82, 2.24) is 19.9 Å². The standard InChI is InChI=1S/C28H28F3N5OS/c1-36-16-12-27(37,13-17-36)25-35-23(20-8-5-9-21(18-20)28(29,30)31)24(38-25)22-11-15-33-26(34-22)32-14-10-19-6-3-2-4-7-19/h2-9,11,15,18,37H,10,12-14,16-17H2,1H3,(H,32,33,34). The van der Waals surface area contributed by atoms with Gasteiger partial charge in [0.1, 0.15) is 10.6 Å². The summed E-state index contributed by atoms with van der Waals surface area (Å²) >= 11 is 1.28. The van der Waals surface area contributed by atoms with Crippen LogP contribution in [0.4, 0.5) is 19.1 Å². The number of benzene rings is 2. The third-order valence-corrected chi connectivity index (χ3v) is 8.00. The molecule has 1 fully saturated rings. The van der Waals surface area contributed by atoms with E-state index in [9.17, 15) is 18.3 Å². The van der Waals surface area contributed by atoms with Crippen LogP contribution in [0.1, 0.15) is 29.0 Å². The number of hydrogen-bond donors (Lipinski definition) is 2. The summed E-state index contributed by atoms with van der Waals surface area (Å²) in [5, 5.41) is 15.2. The first-order chi connectivity index (χ1) is 18.2. The zero-order chi connectivity index (χ0) is 26.8. The van der Waals surface area contributed by atoms with E-state index in [1.54, 1.807) is 18.3 Å². The minimum Gasteiger partial charge on any atom is -0.383 e. The molecule has 2 aromatic heterocycles. The Bertz CT molecular complexity index is 1380. The number of anilines is 1. The minimum atomic E-state index is -4.48. The van der Waals surface area contributed by atoms with Crippen LogP contribution in [0.3, 0.4) is 0 Å². The molecule has 6 nitrogen and oxygen atoms in total. The van der Waals surface area contributed by atoms with Crippen LogP contribution in [-0.2, 0) is 18.2 Å². The summed E-state index contributed by atoms with van der Waals surface area (Å²) in [5.74, 6) is 0.418. The number of rotatable bonds is 7. The van der Waals surface area contributed by atoms with Crippen LogP contribution >= 0.6 is 11.3 Å². The third-order valence-electron chi connectivity index (χ3n) is 6.73. The van der Waals surface area contributed by atoms with Crippen molar-refractivity contribution in [3.05, 3.63) is 83.0 Å². The highest BCUT2D eigenvalue weighted by Gasteiger charge is 2.37. The summed E-state index contributed by atoms with van der Waals surface area (Å²) < 4.78 is 40.5. The number of halogens is 3. The van der Waals surface area contributed by atoms with Gasteiger partial charge in [-0.1, -0.05) is 42.5 Å². The van der Waals surface area contributed by atoms with Crippen molar-refractivity contribution in [3.63, 3.8) is 0 Å². The van der Waals surface area contributed by atoms with Gasteiger partial charge in [0.05, 0.1) is 21.8 Å². The highest BCUT2D eigenvalue weighted by Crippen LogP contribution is 2.43. The summed E-state index contributed by atoms with van der Waals surface area (Å²) in [6.07, 6.45) is -1.09. The molecule has 0 atom stereocenters. The number of nitrogens with one attached hydrogen (secondary N) is 1. The number of hydrogen-bond acceptors (Lipinski definition) is 7. The molecular formula is C28H28F3N5OS. The van der Waals surface area contributed by atoms with Gasteiger partial charge in [0.2, 0.25) is 5.95 Å². The van der Waals surface area contributed by atoms with Gasteiger partial charge in [0.15, 0.2) is 0 Å². The number of aromatic nitrogens is 3. The number of likely N-dealkylation sites (tertiary alicyclic amines) is 1. The Balaban J connectivity index is 1.50. The summed E-state index contributed by atoms with van der Waals surface area (Å²) in [6.45, 7) is 2.02. The van der Waals surface area contributed by atoms with E-state index in [-0.39, 0.29) is 0 Å². The van der Waals surface area contributed by atoms with Crippen LogP contribution in [0, 0.1) is 0 Å². The quantitative estimate of drug-likeness (QED) is 0.307. The van der Waals surface area contributed by atoms with Crippen molar-refractivity contribution in [2.24, 2.45) is 0 Å². The van der Waals surface area contributed by atoms with Crippen molar-refractivity contribution in [3.8, 4) is 21.8 Å². The monoisotopic (exact) mass is 539 g/mol. The van der Waals surface area contributed by atoms with E-state index in [0.29, 0.717) is 65.3 Å². The van der Waals surface area contributed by atoms with Gasteiger partial charge in [-0.25, -0.2) is 15.0 Å². The van der Waals surface area contributed by atoms with Gasteiger partial charge < -0.3 is 15.3 Å². The Labute approximate surface area is 223 Å². The number of nitrogens with zero attached hydrogens (tertiary/aromatic N) is 4. The van der Waals surface area contributed by atoms with Gasteiger partial charge in [0.25, 0.3) is 0 Å². The predicted octanol–water partition coefficient (Wildman–Crippen LogP) is 5.85. The molecule has 0 unspecified atom stereocenters. The molecule has 3 heterocycles. The Morgan fingerprint density at radius 3 is 2.53 bits per heavy atom. The lowest BCUT2D eigenvalue weighted by molar-refractivity contribution is -0.137. The van der Waals surface area contributed by atoms with E-state index in [2.05, 4.69) is 20.2 Å². The molecule has 198 valence electrons. The molecule has 38 heavy (non-hydrogen) atoms. The molecule has 1 saturated heterocycles. The fourth-order valence-electron chi connectivity index (χ4n) is 4.47. The maximum absolute atomic E-state index is 13.5. The Morgan fingerprint density at radius 1 is 1.03 bits per heavy atom. The third kappa shape index (κ3) is 5.87. The highest BCUT2D eigenvalue weighted by atomic mass is 32.1. The fourth-order valence-corrected chi connectivity index (χ4v) is 5.67. The van der Waals surface area contributed by atoms with E-state index in [1.807, 2.05) is 37.4 Å². The molecule has 0 saturated carbocycles. The lowest BCUT2D eigenvalue weighted by Gasteiger charge is -2.34. The second-order valence-electron chi connectivity index (χ2n) is 9.54. The second-order valence-corrected chi connectivity index (χ2v) is 10.5. The molecular weight excluding hydrogens is 511 g/mol. The van der Waals surface area contributed by atoms with E-state index in [4.69, 9.17) is 4.98 Å². The van der Waals surface area contributed by atoms with Crippen LogP contribution in [0.15, 0.2) is 66.9 Å². The summed E-state index contributed by atoms with van der Waals surface area (Å²) in [7, 11) is 1.99. The summed E-state index contributed by atoms with van der Waals surface area (Å²) in [5.41, 5.74) is 0.523. The topological polar surface area (TPSA) is 74.2 Å². The first kappa shape index (κ1) is 26.3. The van der Waals surface area contributed by atoms with Crippen molar-refractivity contribution in [2.75, 3.05) is 32.0 Å². The molecule has 0 amide bonds. The molecule has 4 aromatic rings. The average molecular weight is 540 g/mol. The van der Waals surface area contributed by atoms with E-state index >= 15 is 0 Å². The first-order valence-electron chi connectivity index (χ1n) is 12.4. The van der Waals surface area contributed by atoms with Gasteiger partial charge >= 0.3 is 6.18 Å². The molecule has 10 heteroatoms. The van der Waals surface area contributed by atoms with E-state index in [0.717, 1.165) is 18.6 Å². The SMILES string of the molecule is CN1CCC(O)(c2nc(-c3cccc(C(F)(F)F)c3)c(-c3ccnc(NCCc4ccccc4)n3)s2)CC1. The highest BCUT2D eigenvalue weighted by molar-refractivity contribution is 7.15. The molecule has 5 rings (SSSR count). The maximum atomic E-state index is 13.5. The normalized spacial score (nSPS) is 15.9. The maximum Gasteiger partial charge on any atom is 0.416 e. The Kier molecular flexibility index (Phi) is 7.47. The molecule has 1 aliphatic heterocycles.